The third-order valence-corrected chi connectivity index (χ3v) is 5.20. The minimum Gasteiger partial charge on any atom is -0.273 e. The summed E-state index contributed by atoms with van der Waals surface area (Å²) in [5, 5.41) is 0.690. The number of hydrazine groups is 1. The molecule has 1 amide bonds. The number of hydrogen-bond donors (Lipinski definition) is 2. The Labute approximate surface area is 143 Å². The standard InChI is InChI=1S/C17H17N3OS2/c1-3-11-5-4-6-14-15(11)18-17(23-14)20-19-16(21)12-7-9-13(22-2)10-8-12/h4-10H,3H2,1-2H3,(H,18,20)(H,19,21). The van der Waals surface area contributed by atoms with Crippen LogP contribution in [-0.4, -0.2) is 17.1 Å². The van der Waals surface area contributed by atoms with E-state index in [0.29, 0.717) is 10.7 Å². The van der Waals surface area contributed by atoms with E-state index >= 15 is 0 Å². The molecule has 0 saturated carbocycles. The van der Waals surface area contributed by atoms with Gasteiger partial charge >= 0.3 is 0 Å². The van der Waals surface area contributed by atoms with Gasteiger partial charge in [0.15, 0.2) is 0 Å². The van der Waals surface area contributed by atoms with Gasteiger partial charge in [0.05, 0.1) is 10.2 Å². The van der Waals surface area contributed by atoms with Gasteiger partial charge in [-0.2, -0.15) is 0 Å². The molecule has 0 aliphatic rings. The van der Waals surface area contributed by atoms with Crippen LogP contribution in [0.15, 0.2) is 47.4 Å². The molecule has 0 saturated heterocycles. The fourth-order valence-electron chi connectivity index (χ4n) is 2.27. The van der Waals surface area contributed by atoms with Gasteiger partial charge < -0.3 is 0 Å². The van der Waals surface area contributed by atoms with Crippen molar-refractivity contribution in [1.82, 2.24) is 10.4 Å². The highest BCUT2D eigenvalue weighted by Crippen LogP contribution is 2.28. The fraction of sp³-hybridized carbons (Fsp3) is 0.176. The predicted octanol–water partition coefficient (Wildman–Crippen LogP) is 4.34. The summed E-state index contributed by atoms with van der Waals surface area (Å²) in [7, 11) is 0. The van der Waals surface area contributed by atoms with Crippen LogP contribution in [0, 0.1) is 0 Å². The van der Waals surface area contributed by atoms with Crippen LogP contribution in [0.2, 0.25) is 0 Å². The van der Waals surface area contributed by atoms with E-state index in [-0.39, 0.29) is 5.91 Å². The molecule has 0 bridgehead atoms. The number of aromatic nitrogens is 1. The van der Waals surface area contributed by atoms with Crippen LogP contribution in [0.3, 0.4) is 0 Å². The predicted molar refractivity (Wildman–Crippen MR) is 98.3 cm³/mol. The lowest BCUT2D eigenvalue weighted by Crippen LogP contribution is -2.29. The average molecular weight is 343 g/mol. The Bertz CT molecular complexity index is 827. The molecule has 3 aromatic rings. The highest BCUT2D eigenvalue weighted by Gasteiger charge is 2.09. The molecule has 0 aliphatic carbocycles. The Morgan fingerprint density at radius 3 is 2.70 bits per heavy atom. The van der Waals surface area contributed by atoms with E-state index in [9.17, 15) is 4.79 Å². The minimum atomic E-state index is -0.173. The Morgan fingerprint density at radius 1 is 1.22 bits per heavy atom. The molecule has 118 valence electrons. The third-order valence-electron chi connectivity index (χ3n) is 3.52. The number of fused-ring (bicyclic) bond motifs is 1. The molecule has 23 heavy (non-hydrogen) atoms. The van der Waals surface area contributed by atoms with Crippen molar-refractivity contribution in [2.75, 3.05) is 11.7 Å². The molecule has 2 aromatic carbocycles. The van der Waals surface area contributed by atoms with Crippen molar-refractivity contribution in [1.29, 1.82) is 0 Å². The summed E-state index contributed by atoms with van der Waals surface area (Å²) >= 11 is 3.18. The fourth-order valence-corrected chi connectivity index (χ4v) is 3.54. The van der Waals surface area contributed by atoms with Gasteiger partial charge in [-0.15, -0.1) is 11.8 Å². The maximum atomic E-state index is 12.2. The molecule has 1 heterocycles. The van der Waals surface area contributed by atoms with Crippen molar-refractivity contribution in [3.63, 3.8) is 0 Å². The first kappa shape index (κ1) is 15.8. The molecule has 3 rings (SSSR count). The highest BCUT2D eigenvalue weighted by molar-refractivity contribution is 7.98. The van der Waals surface area contributed by atoms with Gasteiger partial charge in [0, 0.05) is 10.5 Å². The topological polar surface area (TPSA) is 54.0 Å². The van der Waals surface area contributed by atoms with Gasteiger partial charge in [-0.1, -0.05) is 30.4 Å². The summed E-state index contributed by atoms with van der Waals surface area (Å²) in [5.41, 5.74) is 8.45. The smallest absolute Gasteiger partial charge is 0.269 e. The number of carbonyl (C=O) groups is 1. The number of benzene rings is 2. The maximum absolute atomic E-state index is 12.2. The Morgan fingerprint density at radius 2 is 2.00 bits per heavy atom. The summed E-state index contributed by atoms with van der Waals surface area (Å²) in [4.78, 5) is 17.9. The van der Waals surface area contributed by atoms with Gasteiger partial charge in [-0.25, -0.2) is 4.98 Å². The van der Waals surface area contributed by atoms with E-state index in [1.54, 1.807) is 11.8 Å². The van der Waals surface area contributed by atoms with Crippen LogP contribution < -0.4 is 10.9 Å². The lowest BCUT2D eigenvalue weighted by atomic mass is 10.1. The Hall–Kier alpha value is -2.05. The zero-order valence-corrected chi connectivity index (χ0v) is 14.6. The first-order valence-corrected chi connectivity index (χ1v) is 9.34. The first-order chi connectivity index (χ1) is 11.2. The second-order valence-electron chi connectivity index (χ2n) is 4.94. The van der Waals surface area contributed by atoms with Crippen LogP contribution in [0.4, 0.5) is 5.13 Å². The normalized spacial score (nSPS) is 10.7. The zero-order chi connectivity index (χ0) is 16.2. The van der Waals surface area contributed by atoms with Crippen molar-refractivity contribution in [3.8, 4) is 0 Å². The Balaban J connectivity index is 1.71. The summed E-state index contributed by atoms with van der Waals surface area (Å²) in [6, 6.07) is 13.7. The van der Waals surface area contributed by atoms with Crippen molar-refractivity contribution in [2.45, 2.75) is 18.2 Å². The highest BCUT2D eigenvalue weighted by atomic mass is 32.2. The third kappa shape index (κ3) is 3.48. The number of nitrogens with zero attached hydrogens (tertiary/aromatic N) is 1. The van der Waals surface area contributed by atoms with Crippen LogP contribution in [0.1, 0.15) is 22.8 Å². The van der Waals surface area contributed by atoms with Gasteiger partial charge in [-0.3, -0.25) is 15.6 Å². The van der Waals surface area contributed by atoms with E-state index in [0.717, 1.165) is 21.5 Å². The number of aryl methyl sites for hydroxylation is 1. The molecular weight excluding hydrogens is 326 g/mol. The van der Waals surface area contributed by atoms with E-state index < -0.39 is 0 Å². The number of para-hydroxylation sites is 1. The quantitative estimate of drug-likeness (QED) is 0.534. The largest absolute Gasteiger partial charge is 0.273 e. The Kier molecular flexibility index (Phi) is 4.83. The van der Waals surface area contributed by atoms with E-state index in [2.05, 4.69) is 28.8 Å². The SMILES string of the molecule is CCc1cccc2sc(NNC(=O)c3ccc(SC)cc3)nc12. The van der Waals surface area contributed by atoms with Crippen LogP contribution in [-0.2, 0) is 6.42 Å². The number of thiazole rings is 1. The molecule has 0 unspecified atom stereocenters. The zero-order valence-electron chi connectivity index (χ0n) is 12.9. The molecule has 2 N–H and O–H groups in total. The van der Waals surface area contributed by atoms with Crippen molar-refractivity contribution < 1.29 is 4.79 Å². The van der Waals surface area contributed by atoms with Gasteiger partial charge in [0.1, 0.15) is 0 Å². The first-order valence-electron chi connectivity index (χ1n) is 7.30. The molecule has 0 atom stereocenters. The van der Waals surface area contributed by atoms with Crippen LogP contribution in [0.5, 0.6) is 0 Å². The maximum Gasteiger partial charge on any atom is 0.269 e. The van der Waals surface area contributed by atoms with E-state index in [1.807, 2.05) is 42.7 Å². The van der Waals surface area contributed by atoms with Gasteiger partial charge in [-0.05, 0) is 48.6 Å². The number of nitrogens with one attached hydrogen (secondary N) is 2. The van der Waals surface area contributed by atoms with Gasteiger partial charge in [0.25, 0.3) is 5.91 Å². The molecule has 0 radical (unpaired) electrons. The lowest BCUT2D eigenvalue weighted by Gasteiger charge is -2.05. The monoisotopic (exact) mass is 343 g/mol. The molecule has 0 fully saturated rings. The van der Waals surface area contributed by atoms with E-state index in [4.69, 9.17) is 0 Å². The van der Waals surface area contributed by atoms with Crippen molar-refractivity contribution in [2.24, 2.45) is 0 Å². The lowest BCUT2D eigenvalue weighted by molar-refractivity contribution is 0.0962. The number of thioether (sulfide) groups is 1. The number of rotatable bonds is 5. The number of carbonyl (C=O) groups excluding carboxylic acids is 1. The number of anilines is 1. The molecule has 6 heteroatoms. The second-order valence-corrected chi connectivity index (χ2v) is 6.85. The summed E-state index contributed by atoms with van der Waals surface area (Å²) in [5.74, 6) is -0.173. The summed E-state index contributed by atoms with van der Waals surface area (Å²) in [6.45, 7) is 2.11. The minimum absolute atomic E-state index is 0.173. The second kappa shape index (κ2) is 7.02. The molecule has 0 aliphatic heterocycles. The number of amides is 1. The molecule has 4 nitrogen and oxygen atoms in total. The molecular formula is C17H17N3OS2. The number of hydrogen-bond acceptors (Lipinski definition) is 5. The van der Waals surface area contributed by atoms with Gasteiger partial charge in [0.2, 0.25) is 5.13 Å². The van der Waals surface area contributed by atoms with Crippen LogP contribution >= 0.6 is 23.1 Å². The molecule has 0 spiro atoms. The van der Waals surface area contributed by atoms with E-state index in [1.165, 1.54) is 16.9 Å². The summed E-state index contributed by atoms with van der Waals surface area (Å²) in [6.07, 6.45) is 2.95. The van der Waals surface area contributed by atoms with Crippen molar-refractivity contribution in [3.05, 3.63) is 53.6 Å². The summed E-state index contributed by atoms with van der Waals surface area (Å²) < 4.78 is 1.12. The van der Waals surface area contributed by atoms with Crippen molar-refractivity contribution >= 4 is 44.4 Å². The molecule has 1 aromatic heterocycles. The van der Waals surface area contributed by atoms with Crippen LogP contribution in [0.25, 0.3) is 10.2 Å². The average Bonchev–Trinajstić information content (AvgIpc) is 3.02.